The van der Waals surface area contributed by atoms with Crippen LogP contribution in [0.15, 0.2) is 0 Å². The summed E-state index contributed by atoms with van der Waals surface area (Å²) in [6, 6.07) is -0.955. The van der Waals surface area contributed by atoms with E-state index in [-0.39, 0.29) is 18.4 Å². The molecule has 18 heavy (non-hydrogen) atoms. The highest BCUT2D eigenvalue weighted by atomic mass is 32.2. The van der Waals surface area contributed by atoms with Crippen molar-refractivity contribution >= 4 is 16.2 Å². The van der Waals surface area contributed by atoms with Crippen molar-refractivity contribution in [2.24, 2.45) is 11.8 Å². The highest BCUT2D eigenvalue weighted by Gasteiger charge is 2.40. The Bertz CT molecular complexity index is 394. The summed E-state index contributed by atoms with van der Waals surface area (Å²) in [5.74, 6) is -1.05. The molecule has 6 nitrogen and oxygen atoms in total. The van der Waals surface area contributed by atoms with Crippen LogP contribution in [0.5, 0.6) is 0 Å². The molecule has 0 radical (unpaired) electrons. The minimum atomic E-state index is -3.70. The van der Waals surface area contributed by atoms with E-state index in [0.717, 1.165) is 10.7 Å². The summed E-state index contributed by atoms with van der Waals surface area (Å²) in [4.78, 5) is 11.2. The van der Waals surface area contributed by atoms with Gasteiger partial charge in [-0.3, -0.25) is 4.79 Å². The van der Waals surface area contributed by atoms with Crippen LogP contribution in [0.4, 0.5) is 0 Å². The van der Waals surface area contributed by atoms with Crippen LogP contribution in [0.25, 0.3) is 0 Å². The second-order valence-corrected chi connectivity index (χ2v) is 6.97. The zero-order valence-corrected chi connectivity index (χ0v) is 11.9. The zero-order valence-electron chi connectivity index (χ0n) is 11.1. The molecule has 0 aromatic rings. The summed E-state index contributed by atoms with van der Waals surface area (Å²) in [7, 11) is -3.70. The van der Waals surface area contributed by atoms with E-state index >= 15 is 0 Å². The van der Waals surface area contributed by atoms with Gasteiger partial charge >= 0.3 is 5.97 Å². The van der Waals surface area contributed by atoms with Gasteiger partial charge in [0.15, 0.2) is 0 Å². The third-order valence-corrected chi connectivity index (χ3v) is 4.68. The molecule has 2 N–H and O–H groups in total. The van der Waals surface area contributed by atoms with E-state index in [0.29, 0.717) is 13.0 Å². The van der Waals surface area contributed by atoms with Crippen LogP contribution in [0.3, 0.4) is 0 Å². The van der Waals surface area contributed by atoms with Crippen molar-refractivity contribution in [3.63, 3.8) is 0 Å². The molecule has 0 aliphatic carbocycles. The normalized spacial score (nSPS) is 26.4. The molecular weight excluding hydrogens is 256 g/mol. The van der Waals surface area contributed by atoms with Crippen molar-refractivity contribution in [1.29, 1.82) is 0 Å². The van der Waals surface area contributed by atoms with Gasteiger partial charge in [-0.25, -0.2) is 4.72 Å². The molecule has 7 heteroatoms. The van der Waals surface area contributed by atoms with Crippen LogP contribution in [0.2, 0.25) is 0 Å². The van der Waals surface area contributed by atoms with E-state index in [4.69, 9.17) is 0 Å². The Kier molecular flexibility index (Phi) is 5.12. The van der Waals surface area contributed by atoms with Gasteiger partial charge in [0, 0.05) is 13.1 Å². The van der Waals surface area contributed by atoms with Crippen LogP contribution < -0.4 is 4.72 Å². The Morgan fingerprint density at radius 3 is 2.61 bits per heavy atom. The standard InChI is InChI=1S/C11H22N2O4S/c1-8(2)7-12-18(16,17)13-6-4-5-9(3)10(13)11(14)15/h8-10,12H,4-7H2,1-3H3,(H,14,15). The number of nitrogens with zero attached hydrogens (tertiary/aromatic N) is 1. The van der Waals surface area contributed by atoms with Gasteiger partial charge in [-0.05, 0) is 24.7 Å². The molecule has 1 rings (SSSR count). The number of carbonyl (C=O) groups is 1. The predicted octanol–water partition coefficient (Wildman–Crippen LogP) is 0.662. The third kappa shape index (κ3) is 3.66. The van der Waals surface area contributed by atoms with Crippen LogP contribution in [0.1, 0.15) is 33.6 Å². The molecule has 0 amide bonds. The fourth-order valence-electron chi connectivity index (χ4n) is 2.14. The molecule has 1 aliphatic heterocycles. The van der Waals surface area contributed by atoms with E-state index in [2.05, 4.69) is 4.72 Å². The molecule has 0 saturated carbocycles. The number of nitrogens with one attached hydrogen (secondary N) is 1. The van der Waals surface area contributed by atoms with E-state index in [9.17, 15) is 18.3 Å². The lowest BCUT2D eigenvalue weighted by Gasteiger charge is -2.36. The number of carboxylic acid groups (broad SMARTS) is 1. The lowest BCUT2D eigenvalue weighted by Crippen LogP contribution is -2.55. The van der Waals surface area contributed by atoms with E-state index in [1.54, 1.807) is 6.92 Å². The van der Waals surface area contributed by atoms with Crippen molar-refractivity contribution in [3.05, 3.63) is 0 Å². The molecule has 1 fully saturated rings. The summed E-state index contributed by atoms with van der Waals surface area (Å²) >= 11 is 0. The van der Waals surface area contributed by atoms with Gasteiger partial charge in [-0.2, -0.15) is 12.7 Å². The van der Waals surface area contributed by atoms with Crippen LogP contribution in [0, 0.1) is 11.8 Å². The maximum atomic E-state index is 12.1. The van der Waals surface area contributed by atoms with Crippen molar-refractivity contribution < 1.29 is 18.3 Å². The average molecular weight is 278 g/mol. The molecular formula is C11H22N2O4S. The number of carboxylic acids is 1. The zero-order chi connectivity index (χ0) is 13.9. The van der Waals surface area contributed by atoms with Gasteiger partial charge in [0.05, 0.1) is 0 Å². The molecule has 0 aromatic heterocycles. The Morgan fingerprint density at radius 2 is 2.11 bits per heavy atom. The molecule has 0 spiro atoms. The predicted molar refractivity (Wildman–Crippen MR) is 68.3 cm³/mol. The highest BCUT2D eigenvalue weighted by Crippen LogP contribution is 2.25. The maximum absolute atomic E-state index is 12.1. The van der Waals surface area contributed by atoms with Crippen LogP contribution in [-0.2, 0) is 15.0 Å². The quantitative estimate of drug-likeness (QED) is 0.773. The van der Waals surface area contributed by atoms with E-state index < -0.39 is 22.2 Å². The SMILES string of the molecule is CC(C)CNS(=O)(=O)N1CCCC(C)C1C(=O)O. The number of hydrogen-bond acceptors (Lipinski definition) is 3. The first-order chi connectivity index (χ1) is 8.25. The van der Waals surface area contributed by atoms with Gasteiger partial charge in [0.2, 0.25) is 0 Å². The molecule has 2 unspecified atom stereocenters. The van der Waals surface area contributed by atoms with E-state index in [1.807, 2.05) is 13.8 Å². The highest BCUT2D eigenvalue weighted by molar-refractivity contribution is 7.87. The van der Waals surface area contributed by atoms with Gasteiger partial charge in [0.1, 0.15) is 6.04 Å². The third-order valence-electron chi connectivity index (χ3n) is 3.12. The Labute approximate surface area is 109 Å². The molecule has 106 valence electrons. The van der Waals surface area contributed by atoms with E-state index in [1.165, 1.54) is 0 Å². The number of piperidine rings is 1. The molecule has 2 atom stereocenters. The molecule has 1 heterocycles. The Hall–Kier alpha value is -0.660. The van der Waals surface area contributed by atoms with Crippen molar-refractivity contribution in [1.82, 2.24) is 9.03 Å². The fraction of sp³-hybridized carbons (Fsp3) is 0.909. The Morgan fingerprint density at radius 1 is 1.50 bits per heavy atom. The largest absolute Gasteiger partial charge is 0.480 e. The second kappa shape index (κ2) is 5.99. The topological polar surface area (TPSA) is 86.7 Å². The van der Waals surface area contributed by atoms with Gasteiger partial charge in [-0.1, -0.05) is 20.8 Å². The number of aliphatic carboxylic acids is 1. The van der Waals surface area contributed by atoms with Crippen molar-refractivity contribution in [2.45, 2.75) is 39.7 Å². The summed E-state index contributed by atoms with van der Waals surface area (Å²) in [6.45, 7) is 6.17. The summed E-state index contributed by atoms with van der Waals surface area (Å²) < 4.78 is 27.8. The first-order valence-electron chi connectivity index (χ1n) is 6.25. The van der Waals surface area contributed by atoms with Gasteiger partial charge in [0.25, 0.3) is 10.2 Å². The molecule has 0 aromatic carbocycles. The minimum absolute atomic E-state index is 0.160. The lowest BCUT2D eigenvalue weighted by atomic mass is 9.93. The average Bonchev–Trinajstić information content (AvgIpc) is 2.25. The first kappa shape index (κ1) is 15.4. The second-order valence-electron chi connectivity index (χ2n) is 5.26. The van der Waals surface area contributed by atoms with Gasteiger partial charge in [-0.15, -0.1) is 0 Å². The van der Waals surface area contributed by atoms with Crippen molar-refractivity contribution in [2.75, 3.05) is 13.1 Å². The summed E-state index contributed by atoms with van der Waals surface area (Å²) in [5.41, 5.74) is 0. The summed E-state index contributed by atoms with van der Waals surface area (Å²) in [5, 5.41) is 9.19. The fourth-order valence-corrected chi connectivity index (χ4v) is 3.82. The van der Waals surface area contributed by atoms with Gasteiger partial charge < -0.3 is 5.11 Å². The number of hydrogen-bond donors (Lipinski definition) is 2. The molecule has 0 bridgehead atoms. The Balaban J connectivity index is 2.86. The van der Waals surface area contributed by atoms with Crippen molar-refractivity contribution in [3.8, 4) is 0 Å². The van der Waals surface area contributed by atoms with Crippen LogP contribution >= 0.6 is 0 Å². The first-order valence-corrected chi connectivity index (χ1v) is 7.69. The molecule has 1 saturated heterocycles. The molecule has 1 aliphatic rings. The minimum Gasteiger partial charge on any atom is -0.480 e. The lowest BCUT2D eigenvalue weighted by molar-refractivity contribution is -0.144. The maximum Gasteiger partial charge on any atom is 0.322 e. The summed E-state index contributed by atoms with van der Waals surface area (Å²) in [6.07, 6.45) is 1.45. The van der Waals surface area contributed by atoms with Crippen LogP contribution in [-0.4, -0.2) is 42.9 Å². The monoisotopic (exact) mass is 278 g/mol. The smallest absolute Gasteiger partial charge is 0.322 e. The number of rotatable bonds is 5.